The van der Waals surface area contributed by atoms with E-state index in [0.717, 1.165) is 0 Å². The van der Waals surface area contributed by atoms with Crippen molar-refractivity contribution in [3.05, 3.63) is 47.4 Å². The number of aromatic nitrogens is 4. The highest BCUT2D eigenvalue weighted by atomic mass is 35.5. The summed E-state index contributed by atoms with van der Waals surface area (Å²) in [5.74, 6) is -0.405. The first-order valence-corrected chi connectivity index (χ1v) is 8.10. The SMILES string of the molecule is CN1C(=O)[C@@H](NC(=O)c2nnc3ccc(Cl)nn23)COc2ccccc21. The fraction of sp³-hybridized carbons (Fsp3) is 0.188. The molecular weight excluding hydrogens is 360 g/mol. The van der Waals surface area contributed by atoms with E-state index in [0.29, 0.717) is 17.1 Å². The van der Waals surface area contributed by atoms with Crippen LogP contribution >= 0.6 is 11.6 Å². The van der Waals surface area contributed by atoms with E-state index in [-0.39, 0.29) is 23.5 Å². The first-order valence-electron chi connectivity index (χ1n) is 7.73. The third-order valence-electron chi connectivity index (χ3n) is 4.00. The van der Waals surface area contributed by atoms with E-state index in [1.807, 2.05) is 12.1 Å². The number of fused-ring (bicyclic) bond motifs is 2. The van der Waals surface area contributed by atoms with Gasteiger partial charge in [0, 0.05) is 7.05 Å². The van der Waals surface area contributed by atoms with Crippen LogP contribution in [0.2, 0.25) is 5.15 Å². The highest BCUT2D eigenvalue weighted by molar-refractivity contribution is 6.29. The predicted molar refractivity (Wildman–Crippen MR) is 92.4 cm³/mol. The molecule has 132 valence electrons. The number of likely N-dealkylation sites (N-methyl/N-ethyl adjacent to an activating group) is 1. The average Bonchev–Trinajstić information content (AvgIpc) is 3.02. The van der Waals surface area contributed by atoms with Gasteiger partial charge < -0.3 is 15.0 Å². The van der Waals surface area contributed by atoms with E-state index in [1.54, 1.807) is 31.3 Å². The molecule has 2 amide bonds. The molecule has 0 radical (unpaired) electrons. The van der Waals surface area contributed by atoms with Gasteiger partial charge in [-0.1, -0.05) is 23.7 Å². The minimum atomic E-state index is -0.883. The number of carbonyl (C=O) groups is 2. The van der Waals surface area contributed by atoms with Crippen molar-refractivity contribution in [1.29, 1.82) is 0 Å². The molecule has 1 aliphatic heterocycles. The molecular formula is C16H13ClN6O3. The first-order chi connectivity index (χ1) is 12.5. The smallest absolute Gasteiger partial charge is 0.291 e. The van der Waals surface area contributed by atoms with Crippen molar-refractivity contribution in [3.8, 4) is 5.75 Å². The lowest BCUT2D eigenvalue weighted by Gasteiger charge is -2.19. The third-order valence-corrected chi connectivity index (χ3v) is 4.20. The van der Waals surface area contributed by atoms with Gasteiger partial charge in [-0.05, 0) is 24.3 Å². The second-order valence-corrected chi connectivity index (χ2v) is 6.04. The number of nitrogens with zero attached hydrogens (tertiary/aromatic N) is 5. The molecule has 1 aliphatic rings. The molecule has 10 heteroatoms. The molecule has 0 fully saturated rings. The maximum absolute atomic E-state index is 12.7. The summed E-state index contributed by atoms with van der Waals surface area (Å²) < 4.78 is 6.89. The molecule has 26 heavy (non-hydrogen) atoms. The number of hydrogen-bond donors (Lipinski definition) is 1. The van der Waals surface area contributed by atoms with Crippen molar-refractivity contribution in [1.82, 2.24) is 25.1 Å². The zero-order chi connectivity index (χ0) is 18.3. The van der Waals surface area contributed by atoms with Crippen LogP contribution in [0.25, 0.3) is 5.65 Å². The molecule has 0 unspecified atom stereocenters. The third kappa shape index (κ3) is 2.72. The second-order valence-electron chi connectivity index (χ2n) is 5.65. The molecule has 1 atom stereocenters. The van der Waals surface area contributed by atoms with E-state index >= 15 is 0 Å². The molecule has 3 heterocycles. The lowest BCUT2D eigenvalue weighted by atomic mass is 10.2. The fourth-order valence-corrected chi connectivity index (χ4v) is 2.83. The van der Waals surface area contributed by atoms with Gasteiger partial charge in [0.1, 0.15) is 23.6 Å². The summed E-state index contributed by atoms with van der Waals surface area (Å²) in [6, 6.07) is 9.41. The van der Waals surface area contributed by atoms with Gasteiger partial charge in [0.25, 0.3) is 11.8 Å². The van der Waals surface area contributed by atoms with E-state index in [1.165, 1.54) is 9.42 Å². The Bertz CT molecular complexity index is 1020. The van der Waals surface area contributed by atoms with Gasteiger partial charge in [-0.25, -0.2) is 0 Å². The van der Waals surface area contributed by atoms with Gasteiger partial charge in [0.15, 0.2) is 5.65 Å². The highest BCUT2D eigenvalue weighted by Gasteiger charge is 2.31. The van der Waals surface area contributed by atoms with Crippen LogP contribution in [0, 0.1) is 0 Å². The number of amides is 2. The number of halogens is 1. The normalized spacial score (nSPS) is 16.8. The topological polar surface area (TPSA) is 102 Å². The van der Waals surface area contributed by atoms with Crippen molar-refractivity contribution in [2.24, 2.45) is 0 Å². The van der Waals surface area contributed by atoms with Crippen molar-refractivity contribution in [2.75, 3.05) is 18.6 Å². The number of rotatable bonds is 2. The Morgan fingerprint density at radius 3 is 2.92 bits per heavy atom. The molecule has 0 spiro atoms. The zero-order valence-electron chi connectivity index (χ0n) is 13.6. The molecule has 0 aliphatic carbocycles. The van der Waals surface area contributed by atoms with Gasteiger partial charge in [0.05, 0.1) is 5.69 Å². The molecule has 2 aromatic heterocycles. The van der Waals surface area contributed by atoms with Crippen LogP contribution < -0.4 is 15.0 Å². The average molecular weight is 373 g/mol. The van der Waals surface area contributed by atoms with E-state index in [2.05, 4.69) is 20.6 Å². The minimum Gasteiger partial charge on any atom is -0.489 e. The van der Waals surface area contributed by atoms with Crippen molar-refractivity contribution in [3.63, 3.8) is 0 Å². The number of ether oxygens (including phenoxy) is 1. The second kappa shape index (κ2) is 6.26. The summed E-state index contributed by atoms with van der Waals surface area (Å²) in [6.45, 7) is -0.00313. The molecule has 9 nitrogen and oxygen atoms in total. The Morgan fingerprint density at radius 1 is 1.27 bits per heavy atom. The molecule has 4 rings (SSSR count). The Hall–Kier alpha value is -3.20. The minimum absolute atomic E-state index is 0.00313. The van der Waals surface area contributed by atoms with Crippen LogP contribution in [-0.2, 0) is 4.79 Å². The summed E-state index contributed by atoms with van der Waals surface area (Å²) in [6.07, 6.45) is 0. The van der Waals surface area contributed by atoms with Gasteiger partial charge >= 0.3 is 0 Å². The molecule has 0 bridgehead atoms. The zero-order valence-corrected chi connectivity index (χ0v) is 14.3. The Morgan fingerprint density at radius 2 is 2.08 bits per heavy atom. The van der Waals surface area contributed by atoms with Gasteiger partial charge in [-0.3, -0.25) is 9.59 Å². The quantitative estimate of drug-likeness (QED) is 0.718. The van der Waals surface area contributed by atoms with Crippen LogP contribution in [0.3, 0.4) is 0 Å². The molecule has 3 aromatic rings. The van der Waals surface area contributed by atoms with Crippen LogP contribution in [0.5, 0.6) is 5.75 Å². The number of anilines is 1. The number of benzene rings is 1. The Balaban J connectivity index is 1.60. The monoisotopic (exact) mass is 372 g/mol. The number of carbonyl (C=O) groups excluding carboxylic acids is 2. The Kier molecular flexibility index (Phi) is 3.92. The number of para-hydroxylation sites is 2. The van der Waals surface area contributed by atoms with Crippen molar-refractivity contribution >= 4 is 34.7 Å². The molecule has 1 aromatic carbocycles. The summed E-state index contributed by atoms with van der Waals surface area (Å²) in [7, 11) is 1.63. The van der Waals surface area contributed by atoms with Crippen molar-refractivity contribution in [2.45, 2.75) is 6.04 Å². The molecule has 1 N–H and O–H groups in total. The van der Waals surface area contributed by atoms with Crippen LogP contribution in [0.4, 0.5) is 5.69 Å². The first kappa shape index (κ1) is 16.3. The van der Waals surface area contributed by atoms with E-state index in [9.17, 15) is 9.59 Å². The van der Waals surface area contributed by atoms with E-state index < -0.39 is 11.9 Å². The fourth-order valence-electron chi connectivity index (χ4n) is 2.69. The van der Waals surface area contributed by atoms with Crippen LogP contribution in [0.15, 0.2) is 36.4 Å². The van der Waals surface area contributed by atoms with Crippen molar-refractivity contribution < 1.29 is 14.3 Å². The lowest BCUT2D eigenvalue weighted by Crippen LogP contribution is -2.49. The summed E-state index contributed by atoms with van der Waals surface area (Å²) in [4.78, 5) is 26.7. The summed E-state index contributed by atoms with van der Waals surface area (Å²) in [5, 5.41) is 14.5. The van der Waals surface area contributed by atoms with Gasteiger partial charge in [-0.15, -0.1) is 10.2 Å². The Labute approximate surface area is 152 Å². The molecule has 0 saturated heterocycles. The predicted octanol–water partition coefficient (Wildman–Crippen LogP) is 0.931. The standard InChI is InChI=1S/C16H13ClN6O3/c1-22-10-4-2-3-5-11(10)26-8-9(16(22)25)18-15(24)14-20-19-13-7-6-12(17)21-23(13)14/h2-7,9H,8H2,1H3,(H,18,24)/t9-/m0/s1. The van der Waals surface area contributed by atoms with E-state index in [4.69, 9.17) is 16.3 Å². The highest BCUT2D eigenvalue weighted by Crippen LogP contribution is 2.29. The number of hydrogen-bond acceptors (Lipinski definition) is 6. The van der Waals surface area contributed by atoms with Crippen LogP contribution in [-0.4, -0.2) is 51.3 Å². The van der Waals surface area contributed by atoms with Gasteiger partial charge in [0.2, 0.25) is 5.82 Å². The summed E-state index contributed by atoms with van der Waals surface area (Å²) in [5.41, 5.74) is 1.00. The largest absolute Gasteiger partial charge is 0.489 e. The maximum Gasteiger partial charge on any atom is 0.291 e. The lowest BCUT2D eigenvalue weighted by molar-refractivity contribution is -0.120. The number of nitrogens with one attached hydrogen (secondary N) is 1. The van der Waals surface area contributed by atoms with Crippen LogP contribution in [0.1, 0.15) is 10.6 Å². The summed E-state index contributed by atoms with van der Waals surface area (Å²) >= 11 is 5.86. The van der Waals surface area contributed by atoms with Gasteiger partial charge in [-0.2, -0.15) is 9.61 Å². The maximum atomic E-state index is 12.7. The molecule has 0 saturated carbocycles.